The zero-order valence-corrected chi connectivity index (χ0v) is 11.5. The van der Waals surface area contributed by atoms with Crippen molar-refractivity contribution in [2.24, 2.45) is 0 Å². The van der Waals surface area contributed by atoms with Crippen LogP contribution >= 0.6 is 0 Å². The van der Waals surface area contributed by atoms with Crippen LogP contribution in [0.15, 0.2) is 23.0 Å². The highest BCUT2D eigenvalue weighted by atomic mass is 16.1. The lowest BCUT2D eigenvalue weighted by atomic mass is 10.0. The molecule has 1 N–H and O–H groups in total. The van der Waals surface area contributed by atoms with Crippen LogP contribution in [0.4, 0.5) is 0 Å². The summed E-state index contributed by atoms with van der Waals surface area (Å²) in [5.74, 6) is 0. The number of pyridine rings is 1. The number of rotatable bonds is 3. The number of para-hydroxylation sites is 1. The number of benzene rings is 1. The number of fused-ring (bicyclic) bond motifs is 1. The smallest absolute Gasteiger partial charge is 0.194 e. The van der Waals surface area contributed by atoms with Crippen LogP contribution in [0.3, 0.4) is 0 Å². The summed E-state index contributed by atoms with van der Waals surface area (Å²) in [5, 5.41) is 0.803. The van der Waals surface area contributed by atoms with Crippen LogP contribution in [-0.2, 0) is 13.0 Å². The molecule has 0 saturated heterocycles. The number of hydrogen-bond acceptors (Lipinski definition) is 2. The molecule has 2 rings (SSSR count). The highest BCUT2D eigenvalue weighted by Crippen LogP contribution is 2.17. The second-order valence-electron chi connectivity index (χ2n) is 4.99. The van der Waals surface area contributed by atoms with Crippen LogP contribution in [-0.4, -0.2) is 24.0 Å². The van der Waals surface area contributed by atoms with Gasteiger partial charge in [-0.15, -0.1) is 0 Å². The van der Waals surface area contributed by atoms with E-state index < -0.39 is 0 Å². The summed E-state index contributed by atoms with van der Waals surface area (Å²) in [6.45, 7) is 4.76. The first-order valence-corrected chi connectivity index (χ1v) is 6.32. The fourth-order valence-corrected chi connectivity index (χ4v) is 2.33. The normalized spacial score (nSPS) is 11.4. The van der Waals surface area contributed by atoms with Crippen molar-refractivity contribution in [3.8, 4) is 0 Å². The molecule has 2 aromatic rings. The van der Waals surface area contributed by atoms with Gasteiger partial charge in [0.15, 0.2) is 5.43 Å². The Kier molecular flexibility index (Phi) is 3.53. The van der Waals surface area contributed by atoms with Crippen molar-refractivity contribution in [3.63, 3.8) is 0 Å². The van der Waals surface area contributed by atoms with E-state index in [0.717, 1.165) is 28.6 Å². The number of hydrogen-bond donors (Lipinski definition) is 1. The third kappa shape index (κ3) is 2.18. The monoisotopic (exact) mass is 244 g/mol. The molecule has 0 saturated carbocycles. The second-order valence-corrected chi connectivity index (χ2v) is 4.99. The number of aromatic amines is 1. The largest absolute Gasteiger partial charge is 0.358 e. The maximum atomic E-state index is 12.5. The van der Waals surface area contributed by atoms with E-state index in [-0.39, 0.29) is 5.43 Å². The van der Waals surface area contributed by atoms with Crippen LogP contribution in [0.1, 0.15) is 23.7 Å². The summed E-state index contributed by atoms with van der Waals surface area (Å²) < 4.78 is 0. The molecule has 0 aliphatic carbocycles. The average molecular weight is 244 g/mol. The molecule has 0 atom stereocenters. The van der Waals surface area contributed by atoms with Gasteiger partial charge in [-0.2, -0.15) is 0 Å². The van der Waals surface area contributed by atoms with E-state index in [0.29, 0.717) is 6.54 Å². The molecule has 1 heterocycles. The van der Waals surface area contributed by atoms with E-state index in [1.807, 2.05) is 38.1 Å². The van der Waals surface area contributed by atoms with Gasteiger partial charge in [0, 0.05) is 23.2 Å². The van der Waals surface area contributed by atoms with Crippen LogP contribution in [0, 0.1) is 6.92 Å². The standard InChI is InChI=1S/C15H20N2O/c1-5-11-7-6-8-12-14(11)16-10(2)13(15(12)18)9-17(3)4/h6-8H,5,9H2,1-4H3,(H,16,18). The zero-order valence-electron chi connectivity index (χ0n) is 11.5. The molecule has 18 heavy (non-hydrogen) atoms. The van der Waals surface area contributed by atoms with Crippen LogP contribution in [0.5, 0.6) is 0 Å². The molecule has 96 valence electrons. The number of nitrogens with zero attached hydrogens (tertiary/aromatic N) is 1. The average Bonchev–Trinajstić information content (AvgIpc) is 2.33. The molecular weight excluding hydrogens is 224 g/mol. The second kappa shape index (κ2) is 4.94. The van der Waals surface area contributed by atoms with Gasteiger partial charge in [0.2, 0.25) is 0 Å². The summed E-state index contributed by atoms with van der Waals surface area (Å²) in [7, 11) is 3.96. The summed E-state index contributed by atoms with van der Waals surface area (Å²) >= 11 is 0. The van der Waals surface area contributed by atoms with Gasteiger partial charge in [0.1, 0.15) is 0 Å². The SMILES string of the molecule is CCc1cccc2c(=O)c(CN(C)C)c(C)[nH]c12. The Morgan fingerprint density at radius 1 is 1.28 bits per heavy atom. The first-order chi connectivity index (χ1) is 8.54. The molecular formula is C15H20N2O. The Balaban J connectivity index is 2.75. The van der Waals surface area contributed by atoms with Gasteiger partial charge in [-0.25, -0.2) is 0 Å². The number of nitrogens with one attached hydrogen (secondary N) is 1. The first kappa shape index (κ1) is 12.8. The molecule has 0 aliphatic rings. The summed E-state index contributed by atoms with van der Waals surface area (Å²) in [6.07, 6.45) is 0.930. The Hall–Kier alpha value is -1.61. The van der Waals surface area contributed by atoms with Gasteiger partial charge in [0.05, 0.1) is 5.52 Å². The van der Waals surface area contributed by atoms with Gasteiger partial charge in [-0.05, 0) is 39.1 Å². The molecule has 0 aliphatic heterocycles. The van der Waals surface area contributed by atoms with Crippen molar-refractivity contribution < 1.29 is 0 Å². The van der Waals surface area contributed by atoms with Crippen molar-refractivity contribution >= 4 is 10.9 Å². The third-order valence-electron chi connectivity index (χ3n) is 3.29. The molecule has 0 radical (unpaired) electrons. The Labute approximate surface area is 107 Å². The maximum absolute atomic E-state index is 12.5. The van der Waals surface area contributed by atoms with Crippen LogP contribution < -0.4 is 5.43 Å². The van der Waals surface area contributed by atoms with E-state index in [2.05, 4.69) is 18.0 Å². The van der Waals surface area contributed by atoms with Crippen molar-refractivity contribution in [2.45, 2.75) is 26.8 Å². The Morgan fingerprint density at radius 3 is 2.61 bits per heavy atom. The third-order valence-corrected chi connectivity index (χ3v) is 3.29. The topological polar surface area (TPSA) is 36.1 Å². The van der Waals surface area contributed by atoms with Crippen molar-refractivity contribution in [2.75, 3.05) is 14.1 Å². The summed E-state index contributed by atoms with van der Waals surface area (Å²) in [6, 6.07) is 5.94. The Morgan fingerprint density at radius 2 is 2.00 bits per heavy atom. The predicted molar refractivity (Wildman–Crippen MR) is 76.1 cm³/mol. The number of aryl methyl sites for hydroxylation is 2. The van der Waals surface area contributed by atoms with E-state index in [1.165, 1.54) is 5.56 Å². The summed E-state index contributed by atoms with van der Waals surface area (Å²) in [5.41, 5.74) is 4.18. The first-order valence-electron chi connectivity index (χ1n) is 6.32. The van der Waals surface area contributed by atoms with E-state index in [1.54, 1.807) is 0 Å². The molecule has 0 spiro atoms. The molecule has 0 amide bonds. The highest BCUT2D eigenvalue weighted by Gasteiger charge is 2.11. The minimum atomic E-state index is 0.158. The molecule has 3 heteroatoms. The summed E-state index contributed by atoms with van der Waals surface area (Å²) in [4.78, 5) is 17.9. The van der Waals surface area contributed by atoms with Gasteiger partial charge in [-0.3, -0.25) is 4.79 Å². The van der Waals surface area contributed by atoms with Crippen LogP contribution in [0.25, 0.3) is 10.9 Å². The van der Waals surface area contributed by atoms with Crippen molar-refractivity contribution in [1.82, 2.24) is 9.88 Å². The van der Waals surface area contributed by atoms with Crippen molar-refractivity contribution in [1.29, 1.82) is 0 Å². The predicted octanol–water partition coefficient (Wildman–Crippen LogP) is 2.46. The lowest BCUT2D eigenvalue weighted by Crippen LogP contribution is -2.21. The Bertz CT molecular complexity index is 626. The van der Waals surface area contributed by atoms with E-state index >= 15 is 0 Å². The van der Waals surface area contributed by atoms with Crippen LogP contribution in [0.2, 0.25) is 0 Å². The van der Waals surface area contributed by atoms with E-state index in [9.17, 15) is 4.79 Å². The quantitative estimate of drug-likeness (QED) is 0.900. The van der Waals surface area contributed by atoms with Gasteiger partial charge < -0.3 is 9.88 Å². The molecule has 0 fully saturated rings. The number of aromatic nitrogens is 1. The maximum Gasteiger partial charge on any atom is 0.194 e. The minimum Gasteiger partial charge on any atom is -0.358 e. The molecule has 1 aromatic heterocycles. The molecule has 0 bridgehead atoms. The van der Waals surface area contributed by atoms with Gasteiger partial charge >= 0.3 is 0 Å². The molecule has 1 aromatic carbocycles. The number of H-pyrrole nitrogens is 1. The lowest BCUT2D eigenvalue weighted by molar-refractivity contribution is 0.400. The molecule has 3 nitrogen and oxygen atoms in total. The fraction of sp³-hybridized carbons (Fsp3) is 0.400. The fourth-order valence-electron chi connectivity index (χ4n) is 2.33. The van der Waals surface area contributed by atoms with Gasteiger partial charge in [0.25, 0.3) is 0 Å². The highest BCUT2D eigenvalue weighted by molar-refractivity contribution is 5.82. The van der Waals surface area contributed by atoms with E-state index in [4.69, 9.17) is 0 Å². The van der Waals surface area contributed by atoms with Gasteiger partial charge in [-0.1, -0.05) is 19.1 Å². The minimum absolute atomic E-state index is 0.158. The lowest BCUT2D eigenvalue weighted by Gasteiger charge is -2.14. The molecule has 0 unspecified atom stereocenters. The van der Waals surface area contributed by atoms with Crippen molar-refractivity contribution in [3.05, 3.63) is 45.2 Å². The zero-order chi connectivity index (χ0) is 13.3.